The van der Waals surface area contributed by atoms with Crippen molar-refractivity contribution in [3.63, 3.8) is 0 Å². The quantitative estimate of drug-likeness (QED) is 0.489. The predicted molar refractivity (Wildman–Crippen MR) is 121 cm³/mol. The number of aliphatic hydroxyl groups is 1. The third-order valence-corrected chi connectivity index (χ3v) is 5.63. The Morgan fingerprint density at radius 3 is 2.50 bits per heavy atom. The van der Waals surface area contributed by atoms with Gasteiger partial charge in [0, 0.05) is 24.5 Å². The van der Waals surface area contributed by atoms with Crippen LogP contribution in [0.5, 0.6) is 0 Å². The maximum atomic E-state index is 10.0. The Kier molecular flexibility index (Phi) is 6.87. The molecule has 1 unspecified atom stereocenters. The van der Waals surface area contributed by atoms with Crippen LogP contribution < -0.4 is 10.6 Å². The van der Waals surface area contributed by atoms with Gasteiger partial charge in [0.25, 0.3) is 0 Å². The first-order chi connectivity index (χ1) is 14.3. The van der Waals surface area contributed by atoms with E-state index in [9.17, 15) is 5.11 Å². The van der Waals surface area contributed by atoms with E-state index in [-0.39, 0.29) is 12.1 Å². The van der Waals surface area contributed by atoms with Crippen molar-refractivity contribution in [2.75, 3.05) is 10.6 Å². The second kappa shape index (κ2) is 9.38. The highest BCUT2D eigenvalue weighted by molar-refractivity contribution is 5.84. The van der Waals surface area contributed by atoms with Gasteiger partial charge in [0.15, 0.2) is 17.0 Å². The first-order valence-electron chi connectivity index (χ1n) is 10.7. The molecule has 162 valence electrons. The molecule has 0 bridgehead atoms. The molecule has 0 aliphatic rings. The van der Waals surface area contributed by atoms with E-state index < -0.39 is 6.10 Å². The minimum atomic E-state index is -0.508. The topological polar surface area (TPSA) is 101 Å². The Morgan fingerprint density at radius 1 is 1.10 bits per heavy atom. The van der Waals surface area contributed by atoms with Crippen LogP contribution in [0.15, 0.2) is 18.6 Å². The minimum Gasteiger partial charge on any atom is -0.391 e. The van der Waals surface area contributed by atoms with Gasteiger partial charge in [-0.2, -0.15) is 9.97 Å². The van der Waals surface area contributed by atoms with Crippen molar-refractivity contribution in [2.24, 2.45) is 0 Å². The summed E-state index contributed by atoms with van der Waals surface area (Å²) in [5, 5.41) is 16.8. The number of pyridine rings is 1. The molecule has 0 radical (unpaired) electrons. The molecule has 0 saturated heterocycles. The average molecular weight is 412 g/mol. The molecule has 30 heavy (non-hydrogen) atoms. The van der Waals surface area contributed by atoms with Crippen molar-refractivity contribution in [2.45, 2.75) is 79.1 Å². The Bertz CT molecular complexity index is 999. The Labute approximate surface area is 178 Å². The number of hydrogen-bond donors (Lipinski definition) is 3. The summed E-state index contributed by atoms with van der Waals surface area (Å²) in [5.74, 6) is 1.16. The number of anilines is 2. The lowest BCUT2D eigenvalue weighted by molar-refractivity contribution is 0.169. The maximum absolute atomic E-state index is 10.0. The maximum Gasteiger partial charge on any atom is 0.227 e. The standard InChI is InChI=1S/C22H33N7O/c1-7-15(5)29-12-25-19-20(24-11-17-10-23-14(4)9-13(17)3)27-22(28-21(19)29)26-18(8-2)16(6)30/h9-10,12,15-16,18,30H,7-8,11H2,1-6H3,(H2,24,26,27,28)/t15?,16-,18+/m1/s1. The molecule has 0 spiro atoms. The highest BCUT2D eigenvalue weighted by Crippen LogP contribution is 2.25. The number of aromatic nitrogens is 5. The molecule has 0 aliphatic heterocycles. The highest BCUT2D eigenvalue weighted by atomic mass is 16.3. The van der Waals surface area contributed by atoms with Crippen LogP contribution in [0, 0.1) is 13.8 Å². The van der Waals surface area contributed by atoms with Crippen LogP contribution in [-0.4, -0.2) is 41.8 Å². The second-order valence-electron chi connectivity index (χ2n) is 7.98. The molecule has 3 heterocycles. The van der Waals surface area contributed by atoms with Crippen LogP contribution >= 0.6 is 0 Å². The average Bonchev–Trinajstić information content (AvgIpc) is 3.14. The molecule has 8 nitrogen and oxygen atoms in total. The van der Waals surface area contributed by atoms with Crippen LogP contribution in [0.4, 0.5) is 11.8 Å². The third-order valence-electron chi connectivity index (χ3n) is 5.63. The van der Waals surface area contributed by atoms with Gasteiger partial charge >= 0.3 is 0 Å². The van der Waals surface area contributed by atoms with Crippen molar-refractivity contribution < 1.29 is 5.11 Å². The molecule has 3 aromatic heterocycles. The van der Waals surface area contributed by atoms with Crippen molar-refractivity contribution in [3.8, 4) is 0 Å². The van der Waals surface area contributed by atoms with Crippen molar-refractivity contribution in [3.05, 3.63) is 35.4 Å². The number of aliphatic hydroxyl groups excluding tert-OH is 1. The summed E-state index contributed by atoms with van der Waals surface area (Å²) in [5.41, 5.74) is 4.82. The summed E-state index contributed by atoms with van der Waals surface area (Å²) in [4.78, 5) is 18.4. The molecule has 0 saturated carbocycles. The van der Waals surface area contributed by atoms with Gasteiger partial charge < -0.3 is 20.3 Å². The summed E-state index contributed by atoms with van der Waals surface area (Å²) >= 11 is 0. The van der Waals surface area contributed by atoms with E-state index in [1.54, 1.807) is 6.92 Å². The molecular weight excluding hydrogens is 378 g/mol. The van der Waals surface area contributed by atoms with Crippen LogP contribution in [0.25, 0.3) is 11.2 Å². The van der Waals surface area contributed by atoms with Gasteiger partial charge in [0.05, 0.1) is 18.5 Å². The zero-order valence-corrected chi connectivity index (χ0v) is 18.8. The van der Waals surface area contributed by atoms with E-state index in [0.717, 1.165) is 35.3 Å². The fourth-order valence-corrected chi connectivity index (χ4v) is 3.44. The first-order valence-corrected chi connectivity index (χ1v) is 10.7. The van der Waals surface area contributed by atoms with Gasteiger partial charge in [0.1, 0.15) is 0 Å². The lowest BCUT2D eigenvalue weighted by Crippen LogP contribution is -2.31. The number of aryl methyl sites for hydroxylation is 2. The number of nitrogens with zero attached hydrogens (tertiary/aromatic N) is 5. The van der Waals surface area contributed by atoms with Crippen molar-refractivity contribution >= 4 is 22.9 Å². The third kappa shape index (κ3) is 4.70. The van der Waals surface area contributed by atoms with Crippen molar-refractivity contribution in [1.29, 1.82) is 0 Å². The first kappa shape index (κ1) is 22.0. The summed E-state index contributed by atoms with van der Waals surface area (Å²) in [6.07, 6.45) is 4.95. The van der Waals surface area contributed by atoms with Crippen LogP contribution in [-0.2, 0) is 6.54 Å². The van der Waals surface area contributed by atoms with Crippen LogP contribution in [0.3, 0.4) is 0 Å². The molecule has 0 fully saturated rings. The summed E-state index contributed by atoms with van der Waals surface area (Å²) in [7, 11) is 0. The van der Waals surface area contributed by atoms with Gasteiger partial charge in [-0.3, -0.25) is 4.98 Å². The lowest BCUT2D eigenvalue weighted by atomic mass is 10.1. The number of nitrogens with one attached hydrogen (secondary N) is 2. The number of rotatable bonds is 9. The lowest BCUT2D eigenvalue weighted by Gasteiger charge is -2.20. The molecule has 0 amide bonds. The highest BCUT2D eigenvalue weighted by Gasteiger charge is 2.19. The molecule has 3 N–H and O–H groups in total. The second-order valence-corrected chi connectivity index (χ2v) is 7.98. The van der Waals surface area contributed by atoms with E-state index in [1.807, 2.05) is 26.4 Å². The Balaban J connectivity index is 1.99. The monoisotopic (exact) mass is 411 g/mol. The summed E-state index contributed by atoms with van der Waals surface area (Å²) in [6.45, 7) is 12.8. The fraction of sp³-hybridized carbons (Fsp3) is 0.545. The van der Waals surface area contributed by atoms with Crippen molar-refractivity contribution in [1.82, 2.24) is 24.5 Å². The molecule has 3 aromatic rings. The molecule has 8 heteroatoms. The van der Waals surface area contributed by atoms with Crippen LogP contribution in [0.1, 0.15) is 63.4 Å². The smallest absolute Gasteiger partial charge is 0.227 e. The van der Waals surface area contributed by atoms with E-state index in [4.69, 9.17) is 9.97 Å². The van der Waals surface area contributed by atoms with Crippen LogP contribution in [0.2, 0.25) is 0 Å². The summed E-state index contributed by atoms with van der Waals surface area (Å²) in [6, 6.07) is 2.22. The zero-order valence-electron chi connectivity index (χ0n) is 18.8. The number of imidazole rings is 1. The molecule has 3 atom stereocenters. The number of fused-ring (bicyclic) bond motifs is 1. The van der Waals surface area contributed by atoms with E-state index in [2.05, 4.69) is 52.0 Å². The van der Waals surface area contributed by atoms with Gasteiger partial charge in [-0.25, -0.2) is 4.98 Å². The largest absolute Gasteiger partial charge is 0.391 e. The molecular formula is C22H33N7O. The van der Waals surface area contributed by atoms with Gasteiger partial charge in [-0.05, 0) is 57.7 Å². The van der Waals surface area contributed by atoms with Gasteiger partial charge in [-0.15, -0.1) is 0 Å². The van der Waals surface area contributed by atoms with Gasteiger partial charge in [0.2, 0.25) is 5.95 Å². The zero-order chi connectivity index (χ0) is 21.8. The van der Waals surface area contributed by atoms with E-state index in [1.165, 1.54) is 5.56 Å². The Hall–Kier alpha value is -2.74. The van der Waals surface area contributed by atoms with E-state index in [0.29, 0.717) is 18.3 Å². The molecule has 0 aliphatic carbocycles. The Morgan fingerprint density at radius 2 is 1.87 bits per heavy atom. The predicted octanol–water partition coefficient (Wildman–Crippen LogP) is 3.99. The fourth-order valence-electron chi connectivity index (χ4n) is 3.44. The summed E-state index contributed by atoms with van der Waals surface area (Å²) < 4.78 is 2.08. The molecule has 0 aromatic carbocycles. The molecule has 3 rings (SSSR count). The minimum absolute atomic E-state index is 0.126. The van der Waals surface area contributed by atoms with Gasteiger partial charge in [-0.1, -0.05) is 13.8 Å². The number of hydrogen-bond acceptors (Lipinski definition) is 7. The SMILES string of the molecule is CCC(C)n1cnc2c(NCc3cnc(C)cc3C)nc(N[C@@H](CC)[C@@H](C)O)nc21. The normalized spacial score (nSPS) is 14.5. The van der Waals surface area contributed by atoms with E-state index >= 15 is 0 Å².